The van der Waals surface area contributed by atoms with Crippen LogP contribution in [0.2, 0.25) is 0 Å². The highest BCUT2D eigenvalue weighted by molar-refractivity contribution is 6.21. The third-order valence-corrected chi connectivity index (χ3v) is 6.87. The lowest BCUT2D eigenvalue weighted by Gasteiger charge is -2.46. The third kappa shape index (κ3) is 2.96. The standard InChI is InChI=1S/C23H24FN3O4/c1-13(27-10-4-3-5-11-27)19-18-16(21(28)25-22(18)29)8-9-23(19,30-2)20-15-7-6-14(24)12-17(15)31-26-20/h6-9,12-13,19H,3-5,10-11H2,1-2H3,(H,25,28,29). The molecule has 2 aliphatic heterocycles. The Hall–Kier alpha value is -2.84. The number of amides is 2. The summed E-state index contributed by atoms with van der Waals surface area (Å²) in [7, 11) is 1.56. The first-order chi connectivity index (χ1) is 15.0. The Bertz CT molecular complexity index is 1130. The summed E-state index contributed by atoms with van der Waals surface area (Å²) in [6.07, 6.45) is 6.75. The van der Waals surface area contributed by atoms with Crippen molar-refractivity contribution in [3.05, 3.63) is 53.0 Å². The Morgan fingerprint density at radius 2 is 2.03 bits per heavy atom. The SMILES string of the molecule is COC1(c2noc3cc(F)ccc23)C=CC2=C(C(=O)NC2=O)C1C(C)N1CCCCC1. The van der Waals surface area contributed by atoms with Crippen LogP contribution in [-0.2, 0) is 19.9 Å². The molecule has 0 spiro atoms. The first-order valence-corrected chi connectivity index (χ1v) is 10.6. The molecule has 2 aromatic rings. The summed E-state index contributed by atoms with van der Waals surface area (Å²) in [4.78, 5) is 27.7. The second-order valence-electron chi connectivity index (χ2n) is 8.43. The molecule has 3 heterocycles. The van der Waals surface area contributed by atoms with Gasteiger partial charge in [-0.05, 0) is 57.1 Å². The number of methoxy groups -OCH3 is 1. The number of hydrogen-bond donors (Lipinski definition) is 1. The molecular weight excluding hydrogens is 401 g/mol. The van der Waals surface area contributed by atoms with Gasteiger partial charge < -0.3 is 9.26 Å². The number of aromatic nitrogens is 1. The van der Waals surface area contributed by atoms with Crippen LogP contribution in [0.5, 0.6) is 0 Å². The van der Waals surface area contributed by atoms with Gasteiger partial charge in [-0.25, -0.2) is 4.39 Å². The van der Waals surface area contributed by atoms with Crippen molar-refractivity contribution in [2.45, 2.75) is 37.8 Å². The molecule has 5 rings (SSSR count). The number of fused-ring (bicyclic) bond motifs is 1. The van der Waals surface area contributed by atoms with E-state index in [0.717, 1.165) is 25.9 Å². The molecule has 1 fully saturated rings. The van der Waals surface area contributed by atoms with Crippen molar-refractivity contribution in [2.24, 2.45) is 5.92 Å². The first-order valence-electron chi connectivity index (χ1n) is 10.6. The fourth-order valence-electron chi connectivity index (χ4n) is 5.33. The van der Waals surface area contributed by atoms with Gasteiger partial charge in [0.25, 0.3) is 11.8 Å². The number of carbonyl (C=O) groups excluding carboxylic acids is 2. The predicted molar refractivity (Wildman–Crippen MR) is 110 cm³/mol. The molecule has 8 heteroatoms. The average molecular weight is 425 g/mol. The zero-order valence-electron chi connectivity index (χ0n) is 17.5. The summed E-state index contributed by atoms with van der Waals surface area (Å²) in [5.74, 6) is -1.73. The Balaban J connectivity index is 1.70. The van der Waals surface area contributed by atoms with Gasteiger partial charge in [-0.3, -0.25) is 19.8 Å². The number of imide groups is 1. The minimum absolute atomic E-state index is 0.112. The third-order valence-electron chi connectivity index (χ3n) is 6.87. The van der Waals surface area contributed by atoms with Crippen LogP contribution in [0.15, 0.2) is 46.0 Å². The van der Waals surface area contributed by atoms with E-state index >= 15 is 0 Å². The summed E-state index contributed by atoms with van der Waals surface area (Å²) in [6.45, 7) is 3.87. The summed E-state index contributed by atoms with van der Waals surface area (Å²) in [5.41, 5.74) is 0.390. The van der Waals surface area contributed by atoms with E-state index < -0.39 is 29.2 Å². The van der Waals surface area contributed by atoms with Crippen LogP contribution < -0.4 is 5.32 Å². The monoisotopic (exact) mass is 425 g/mol. The lowest BCUT2D eigenvalue weighted by Crippen LogP contribution is -2.52. The van der Waals surface area contributed by atoms with Gasteiger partial charge in [0, 0.05) is 41.7 Å². The minimum Gasteiger partial charge on any atom is -0.367 e. The molecule has 3 atom stereocenters. The molecule has 7 nitrogen and oxygen atoms in total. The number of hydrogen-bond acceptors (Lipinski definition) is 6. The van der Waals surface area contributed by atoms with Crippen molar-refractivity contribution in [2.75, 3.05) is 20.2 Å². The lowest BCUT2D eigenvalue weighted by atomic mass is 9.69. The maximum atomic E-state index is 13.7. The van der Waals surface area contributed by atoms with Gasteiger partial charge in [0.05, 0.1) is 0 Å². The number of benzene rings is 1. The number of carbonyl (C=O) groups is 2. The lowest BCUT2D eigenvalue weighted by molar-refractivity contribution is -0.125. The molecular formula is C23H24FN3O4. The highest BCUT2D eigenvalue weighted by Gasteiger charge is 2.54. The summed E-state index contributed by atoms with van der Waals surface area (Å²) in [6, 6.07) is 4.12. The Labute approximate surface area is 178 Å². The maximum Gasteiger partial charge on any atom is 0.258 e. The average Bonchev–Trinajstić information content (AvgIpc) is 3.33. The maximum absolute atomic E-state index is 13.7. The fourth-order valence-corrected chi connectivity index (χ4v) is 5.33. The van der Waals surface area contributed by atoms with E-state index in [1.165, 1.54) is 18.6 Å². The molecule has 0 bridgehead atoms. The highest BCUT2D eigenvalue weighted by atomic mass is 19.1. The zero-order valence-corrected chi connectivity index (χ0v) is 17.5. The van der Waals surface area contributed by atoms with Gasteiger partial charge in [0.15, 0.2) is 5.58 Å². The number of rotatable bonds is 4. The number of ether oxygens (including phenoxy) is 1. The minimum atomic E-state index is -1.15. The van der Waals surface area contributed by atoms with Crippen LogP contribution >= 0.6 is 0 Å². The van der Waals surface area contributed by atoms with E-state index in [1.807, 2.05) is 0 Å². The molecule has 3 aliphatic rings. The molecule has 1 aromatic carbocycles. The quantitative estimate of drug-likeness (QED) is 0.759. The molecule has 3 unspecified atom stereocenters. The van der Waals surface area contributed by atoms with Gasteiger partial charge in [-0.1, -0.05) is 11.6 Å². The van der Waals surface area contributed by atoms with Crippen molar-refractivity contribution in [3.63, 3.8) is 0 Å². The van der Waals surface area contributed by atoms with E-state index in [2.05, 4.69) is 22.3 Å². The van der Waals surface area contributed by atoms with Crippen LogP contribution in [0.1, 0.15) is 31.9 Å². The molecule has 0 radical (unpaired) electrons. The van der Waals surface area contributed by atoms with E-state index in [1.54, 1.807) is 25.3 Å². The van der Waals surface area contributed by atoms with E-state index in [4.69, 9.17) is 9.26 Å². The van der Waals surface area contributed by atoms with Crippen molar-refractivity contribution in [1.82, 2.24) is 15.4 Å². The second kappa shape index (κ2) is 7.39. The molecule has 1 aromatic heterocycles. The van der Waals surface area contributed by atoms with Crippen LogP contribution in [0, 0.1) is 11.7 Å². The summed E-state index contributed by atoms with van der Waals surface area (Å²) in [5, 5.41) is 7.30. The Kier molecular flexibility index (Phi) is 4.79. The topological polar surface area (TPSA) is 84.7 Å². The van der Waals surface area contributed by atoms with Crippen LogP contribution in [-0.4, -0.2) is 48.1 Å². The highest BCUT2D eigenvalue weighted by Crippen LogP contribution is 2.49. The zero-order chi connectivity index (χ0) is 21.8. The molecule has 1 aliphatic carbocycles. The Morgan fingerprint density at radius 1 is 1.26 bits per heavy atom. The van der Waals surface area contributed by atoms with Gasteiger partial charge in [0.1, 0.15) is 17.1 Å². The van der Waals surface area contributed by atoms with E-state index in [-0.39, 0.29) is 6.04 Å². The number of halogens is 1. The van der Waals surface area contributed by atoms with Crippen LogP contribution in [0.3, 0.4) is 0 Å². The van der Waals surface area contributed by atoms with E-state index in [9.17, 15) is 14.0 Å². The molecule has 31 heavy (non-hydrogen) atoms. The number of nitrogens with zero attached hydrogens (tertiary/aromatic N) is 2. The normalized spacial score (nSPS) is 27.6. The Morgan fingerprint density at radius 3 is 2.77 bits per heavy atom. The molecule has 1 N–H and O–H groups in total. The number of nitrogens with one attached hydrogen (secondary N) is 1. The number of likely N-dealkylation sites (tertiary alicyclic amines) is 1. The van der Waals surface area contributed by atoms with Crippen molar-refractivity contribution >= 4 is 22.8 Å². The molecule has 162 valence electrons. The van der Waals surface area contributed by atoms with Gasteiger partial charge in [0.2, 0.25) is 0 Å². The summed E-state index contributed by atoms with van der Waals surface area (Å²) < 4.78 is 25.3. The molecule has 1 saturated heterocycles. The van der Waals surface area contributed by atoms with Crippen molar-refractivity contribution in [3.8, 4) is 0 Å². The van der Waals surface area contributed by atoms with Crippen molar-refractivity contribution < 1.29 is 23.2 Å². The predicted octanol–water partition coefficient (Wildman–Crippen LogP) is 2.82. The van der Waals surface area contributed by atoms with Gasteiger partial charge in [-0.2, -0.15) is 0 Å². The van der Waals surface area contributed by atoms with Gasteiger partial charge in [-0.15, -0.1) is 0 Å². The second-order valence-corrected chi connectivity index (χ2v) is 8.43. The summed E-state index contributed by atoms with van der Waals surface area (Å²) >= 11 is 0. The number of piperidine rings is 1. The van der Waals surface area contributed by atoms with E-state index in [0.29, 0.717) is 27.8 Å². The molecule has 2 amide bonds. The first kappa shape index (κ1) is 20.1. The van der Waals surface area contributed by atoms with Crippen molar-refractivity contribution in [1.29, 1.82) is 0 Å². The largest absolute Gasteiger partial charge is 0.367 e. The van der Waals surface area contributed by atoms with Gasteiger partial charge >= 0.3 is 0 Å². The fraction of sp³-hybridized carbons (Fsp3) is 0.435. The van der Waals surface area contributed by atoms with Crippen LogP contribution in [0.4, 0.5) is 4.39 Å². The smallest absolute Gasteiger partial charge is 0.258 e. The van der Waals surface area contributed by atoms with Crippen LogP contribution in [0.25, 0.3) is 11.0 Å². The molecule has 0 saturated carbocycles.